The largest absolute Gasteiger partial charge is 0.292 e. The monoisotopic (exact) mass is 189 g/mol. The van der Waals surface area contributed by atoms with Gasteiger partial charge in [-0.1, -0.05) is 18.2 Å². The van der Waals surface area contributed by atoms with Crippen LogP contribution in [0.3, 0.4) is 0 Å². The molecular weight excluding hydrogens is 178 g/mol. The van der Waals surface area contributed by atoms with Gasteiger partial charge in [0.1, 0.15) is 0 Å². The Morgan fingerprint density at radius 2 is 2.23 bits per heavy atom. The van der Waals surface area contributed by atoms with Crippen LogP contribution in [-0.2, 0) is 6.54 Å². The lowest BCUT2D eigenvalue weighted by molar-refractivity contribution is 1.11. The number of hydrogen-bond donors (Lipinski definition) is 0. The summed E-state index contributed by atoms with van der Waals surface area (Å²) in [5.74, 6) is 0. The van der Waals surface area contributed by atoms with Crippen LogP contribution in [0.15, 0.2) is 35.3 Å². The molecule has 66 valence electrons. The van der Waals surface area contributed by atoms with Crippen molar-refractivity contribution >= 4 is 27.6 Å². The van der Waals surface area contributed by atoms with Crippen molar-refractivity contribution in [2.45, 2.75) is 13.5 Å². The number of rotatable bonds is 2. The molecule has 1 aromatic carbocycles. The van der Waals surface area contributed by atoms with E-state index in [1.54, 1.807) is 0 Å². The lowest BCUT2D eigenvalue weighted by atomic mass is 10.2. The zero-order chi connectivity index (χ0) is 9.10. The molecule has 0 unspecified atom stereocenters. The molecule has 0 amide bonds. The maximum absolute atomic E-state index is 4.22. The highest BCUT2D eigenvalue weighted by Crippen LogP contribution is 2.25. The van der Waals surface area contributed by atoms with Crippen molar-refractivity contribution in [3.8, 4) is 0 Å². The van der Waals surface area contributed by atoms with Crippen LogP contribution in [0.25, 0.3) is 10.1 Å². The number of fused-ring (bicyclic) bond motifs is 1. The number of thiophene rings is 1. The molecule has 13 heavy (non-hydrogen) atoms. The molecule has 2 heteroatoms. The second-order valence-corrected chi connectivity index (χ2v) is 4.02. The first kappa shape index (κ1) is 8.45. The first-order valence-corrected chi connectivity index (χ1v) is 5.13. The van der Waals surface area contributed by atoms with E-state index in [1.807, 2.05) is 24.5 Å². The van der Waals surface area contributed by atoms with E-state index in [1.165, 1.54) is 15.0 Å². The van der Waals surface area contributed by atoms with Gasteiger partial charge in [0.15, 0.2) is 0 Å². The summed E-state index contributed by atoms with van der Waals surface area (Å²) in [6.45, 7) is 2.77. The van der Waals surface area contributed by atoms with Gasteiger partial charge < -0.3 is 0 Å². The fraction of sp³-hybridized carbons (Fsp3) is 0.182. The molecule has 1 heterocycles. The highest BCUT2D eigenvalue weighted by molar-refractivity contribution is 7.19. The maximum atomic E-state index is 4.22. The Hall–Kier alpha value is -1.15. The van der Waals surface area contributed by atoms with Crippen molar-refractivity contribution in [2.24, 2.45) is 4.99 Å². The fourth-order valence-corrected chi connectivity index (χ4v) is 2.29. The van der Waals surface area contributed by atoms with Crippen LogP contribution in [-0.4, -0.2) is 6.21 Å². The third-order valence-corrected chi connectivity index (χ3v) is 3.01. The van der Waals surface area contributed by atoms with Crippen LogP contribution in [0.2, 0.25) is 0 Å². The third-order valence-electron chi connectivity index (χ3n) is 1.91. The van der Waals surface area contributed by atoms with Crippen LogP contribution < -0.4 is 0 Å². The van der Waals surface area contributed by atoms with Crippen molar-refractivity contribution in [3.05, 3.63) is 35.2 Å². The van der Waals surface area contributed by atoms with E-state index in [-0.39, 0.29) is 0 Å². The molecule has 1 nitrogen and oxygen atoms in total. The van der Waals surface area contributed by atoms with Gasteiger partial charge in [0.2, 0.25) is 0 Å². The van der Waals surface area contributed by atoms with Gasteiger partial charge in [0.25, 0.3) is 0 Å². The van der Waals surface area contributed by atoms with Crippen molar-refractivity contribution in [1.82, 2.24) is 0 Å². The Balaban J connectivity index is 2.38. The van der Waals surface area contributed by atoms with E-state index in [2.05, 4.69) is 35.3 Å². The van der Waals surface area contributed by atoms with E-state index in [9.17, 15) is 0 Å². The topological polar surface area (TPSA) is 12.4 Å². The molecule has 0 saturated carbocycles. The Morgan fingerprint density at radius 1 is 1.38 bits per heavy atom. The summed E-state index contributed by atoms with van der Waals surface area (Å²) in [5, 5.41) is 1.33. The van der Waals surface area contributed by atoms with Gasteiger partial charge in [0, 0.05) is 9.58 Å². The van der Waals surface area contributed by atoms with E-state index in [0.29, 0.717) is 0 Å². The SMILES string of the molecule is CC=NCc1cc2ccccc2s1. The predicted molar refractivity (Wildman–Crippen MR) is 59.7 cm³/mol. The highest BCUT2D eigenvalue weighted by Gasteiger charge is 1.98. The van der Waals surface area contributed by atoms with Crippen molar-refractivity contribution in [3.63, 3.8) is 0 Å². The Morgan fingerprint density at radius 3 is 3.00 bits per heavy atom. The summed E-state index contributed by atoms with van der Waals surface area (Å²) in [4.78, 5) is 5.56. The van der Waals surface area contributed by atoms with Gasteiger partial charge in [-0.05, 0) is 30.7 Å². The summed E-state index contributed by atoms with van der Waals surface area (Å²) in [6.07, 6.45) is 1.85. The molecular formula is C11H11NS. The molecule has 0 aliphatic carbocycles. The zero-order valence-corrected chi connectivity index (χ0v) is 8.34. The first-order valence-electron chi connectivity index (χ1n) is 4.32. The lowest BCUT2D eigenvalue weighted by Gasteiger charge is -1.84. The van der Waals surface area contributed by atoms with Crippen molar-refractivity contribution in [1.29, 1.82) is 0 Å². The van der Waals surface area contributed by atoms with Gasteiger partial charge in [-0.25, -0.2) is 0 Å². The summed E-state index contributed by atoms with van der Waals surface area (Å²) < 4.78 is 1.35. The normalized spacial score (nSPS) is 11.5. The Bertz CT molecular complexity index is 395. The van der Waals surface area contributed by atoms with Gasteiger partial charge in [0.05, 0.1) is 6.54 Å². The standard InChI is InChI=1S/C11H11NS/c1-2-12-8-10-7-9-5-3-4-6-11(9)13-10/h2-7H,8H2,1H3. The van der Waals surface area contributed by atoms with E-state index in [0.717, 1.165) is 6.54 Å². The molecule has 0 fully saturated rings. The minimum atomic E-state index is 0.815. The van der Waals surface area contributed by atoms with Gasteiger partial charge >= 0.3 is 0 Å². The maximum Gasteiger partial charge on any atom is 0.0729 e. The minimum Gasteiger partial charge on any atom is -0.292 e. The first-order chi connectivity index (χ1) is 6.40. The Labute approximate surface area is 81.7 Å². The molecule has 0 aliphatic heterocycles. The van der Waals surface area contributed by atoms with Gasteiger partial charge in [-0.15, -0.1) is 11.3 Å². The van der Waals surface area contributed by atoms with Gasteiger partial charge in [-0.3, -0.25) is 4.99 Å². The molecule has 2 aromatic rings. The lowest BCUT2D eigenvalue weighted by Crippen LogP contribution is -1.71. The van der Waals surface area contributed by atoms with E-state index >= 15 is 0 Å². The number of aliphatic imine (C=N–C) groups is 1. The molecule has 2 rings (SSSR count). The highest BCUT2D eigenvalue weighted by atomic mass is 32.1. The smallest absolute Gasteiger partial charge is 0.0729 e. The van der Waals surface area contributed by atoms with E-state index < -0.39 is 0 Å². The van der Waals surface area contributed by atoms with Crippen LogP contribution in [0.5, 0.6) is 0 Å². The Kier molecular flexibility index (Phi) is 2.41. The molecule has 0 aliphatic rings. The zero-order valence-electron chi connectivity index (χ0n) is 7.53. The second kappa shape index (κ2) is 3.71. The van der Waals surface area contributed by atoms with Crippen LogP contribution in [0, 0.1) is 0 Å². The van der Waals surface area contributed by atoms with E-state index in [4.69, 9.17) is 0 Å². The van der Waals surface area contributed by atoms with Crippen LogP contribution in [0.1, 0.15) is 11.8 Å². The van der Waals surface area contributed by atoms with Crippen molar-refractivity contribution in [2.75, 3.05) is 0 Å². The van der Waals surface area contributed by atoms with Gasteiger partial charge in [-0.2, -0.15) is 0 Å². The molecule has 0 saturated heterocycles. The van der Waals surface area contributed by atoms with Crippen LogP contribution >= 0.6 is 11.3 Å². The molecule has 1 aromatic heterocycles. The minimum absolute atomic E-state index is 0.815. The molecule has 0 atom stereocenters. The number of benzene rings is 1. The number of hydrogen-bond acceptors (Lipinski definition) is 2. The molecule has 0 N–H and O–H groups in total. The third kappa shape index (κ3) is 1.78. The summed E-state index contributed by atoms with van der Waals surface area (Å²) >= 11 is 1.82. The molecule has 0 radical (unpaired) electrons. The number of nitrogens with zero attached hydrogens (tertiary/aromatic N) is 1. The summed E-state index contributed by atoms with van der Waals surface area (Å²) in [7, 11) is 0. The second-order valence-electron chi connectivity index (χ2n) is 2.85. The van der Waals surface area contributed by atoms with Crippen LogP contribution in [0.4, 0.5) is 0 Å². The molecule has 0 bridgehead atoms. The molecule has 0 spiro atoms. The quantitative estimate of drug-likeness (QED) is 0.641. The summed E-state index contributed by atoms with van der Waals surface area (Å²) in [5.41, 5.74) is 0. The average molecular weight is 189 g/mol. The predicted octanol–water partition coefficient (Wildman–Crippen LogP) is 3.49. The summed E-state index contributed by atoms with van der Waals surface area (Å²) in [6, 6.07) is 10.7. The van der Waals surface area contributed by atoms with Crippen molar-refractivity contribution < 1.29 is 0 Å². The average Bonchev–Trinajstić information content (AvgIpc) is 2.57. The fourth-order valence-electron chi connectivity index (χ4n) is 1.30.